The van der Waals surface area contributed by atoms with Crippen LogP contribution in [0.4, 0.5) is 5.95 Å². The highest BCUT2D eigenvalue weighted by Gasteiger charge is 2.42. The molecule has 1 aromatic rings. The van der Waals surface area contributed by atoms with Crippen molar-refractivity contribution in [2.24, 2.45) is 11.8 Å². The van der Waals surface area contributed by atoms with Crippen molar-refractivity contribution >= 4 is 16.2 Å². The highest BCUT2D eigenvalue weighted by atomic mass is 32.2. The maximum Gasteiger partial charge on any atom is 0.281 e. The average Bonchev–Trinajstić information content (AvgIpc) is 2.91. The molecule has 2 fully saturated rings. The molecule has 3 heterocycles. The molecule has 8 heteroatoms. The van der Waals surface area contributed by atoms with E-state index in [9.17, 15) is 8.42 Å². The average molecular weight is 311 g/mol. The van der Waals surface area contributed by atoms with Gasteiger partial charge in [0.2, 0.25) is 5.95 Å². The highest BCUT2D eigenvalue weighted by molar-refractivity contribution is 7.86. The third-order valence-corrected chi connectivity index (χ3v) is 6.26. The first-order valence-electron chi connectivity index (χ1n) is 7.18. The fourth-order valence-corrected chi connectivity index (χ4v) is 4.40. The van der Waals surface area contributed by atoms with E-state index in [4.69, 9.17) is 0 Å². The number of piperidine rings is 1. The van der Waals surface area contributed by atoms with Gasteiger partial charge in [0.15, 0.2) is 0 Å². The Morgan fingerprint density at radius 2 is 1.81 bits per heavy atom. The van der Waals surface area contributed by atoms with Crippen molar-refractivity contribution in [1.82, 2.24) is 18.6 Å². The number of fused-ring (bicyclic) bond motifs is 1. The van der Waals surface area contributed by atoms with Crippen LogP contribution in [0.1, 0.15) is 6.42 Å². The number of hydrogen-bond donors (Lipinski definition) is 0. The second-order valence-electron chi connectivity index (χ2n) is 5.91. The predicted molar refractivity (Wildman–Crippen MR) is 80.0 cm³/mol. The minimum absolute atomic E-state index is 0.359. The molecule has 2 saturated heterocycles. The molecule has 116 valence electrons. The normalized spacial score (nSPS) is 27.1. The Hall–Kier alpha value is -1.25. The Labute approximate surface area is 125 Å². The van der Waals surface area contributed by atoms with E-state index in [1.54, 1.807) is 36.9 Å². The van der Waals surface area contributed by atoms with Gasteiger partial charge in [0, 0.05) is 52.7 Å². The SMILES string of the molecule is CN(C)S(=O)(=O)N1C[C@H]2CCN(c3ncccn3)C[C@H]2C1. The molecule has 7 nitrogen and oxygen atoms in total. The second kappa shape index (κ2) is 5.51. The molecule has 0 amide bonds. The van der Waals surface area contributed by atoms with Crippen LogP contribution in [-0.4, -0.2) is 67.3 Å². The van der Waals surface area contributed by atoms with Crippen molar-refractivity contribution in [3.8, 4) is 0 Å². The Kier molecular flexibility index (Phi) is 3.85. The van der Waals surface area contributed by atoms with E-state index in [1.807, 2.05) is 0 Å². The zero-order chi connectivity index (χ0) is 15.0. The Bertz CT molecular complexity index is 592. The maximum absolute atomic E-state index is 12.2. The van der Waals surface area contributed by atoms with E-state index in [2.05, 4.69) is 14.9 Å². The van der Waals surface area contributed by atoms with E-state index >= 15 is 0 Å². The van der Waals surface area contributed by atoms with Crippen molar-refractivity contribution in [3.05, 3.63) is 18.5 Å². The van der Waals surface area contributed by atoms with Gasteiger partial charge in [-0.1, -0.05) is 0 Å². The molecule has 0 unspecified atom stereocenters. The van der Waals surface area contributed by atoms with Gasteiger partial charge in [-0.05, 0) is 24.3 Å². The Morgan fingerprint density at radius 1 is 1.14 bits per heavy atom. The van der Waals surface area contributed by atoms with Crippen LogP contribution in [0.25, 0.3) is 0 Å². The summed E-state index contributed by atoms with van der Waals surface area (Å²) in [4.78, 5) is 10.7. The van der Waals surface area contributed by atoms with Crippen LogP contribution in [0.5, 0.6) is 0 Å². The molecule has 0 radical (unpaired) electrons. The molecule has 0 saturated carbocycles. The summed E-state index contributed by atoms with van der Waals surface area (Å²) in [5.74, 6) is 1.54. The zero-order valence-corrected chi connectivity index (χ0v) is 13.2. The van der Waals surface area contributed by atoms with Gasteiger partial charge in [0.1, 0.15) is 0 Å². The van der Waals surface area contributed by atoms with Crippen molar-refractivity contribution < 1.29 is 8.42 Å². The monoisotopic (exact) mass is 311 g/mol. The predicted octanol–water partition coefficient (Wildman–Crippen LogP) is 0.0411. The van der Waals surface area contributed by atoms with Gasteiger partial charge in [-0.2, -0.15) is 17.0 Å². The number of aromatic nitrogens is 2. The van der Waals surface area contributed by atoms with E-state index in [1.165, 1.54) is 4.31 Å². The summed E-state index contributed by atoms with van der Waals surface area (Å²) in [5.41, 5.74) is 0. The molecule has 1 aromatic heterocycles. The minimum Gasteiger partial charge on any atom is -0.340 e. The molecular formula is C13H21N5O2S. The van der Waals surface area contributed by atoms with Crippen LogP contribution >= 0.6 is 0 Å². The summed E-state index contributed by atoms with van der Waals surface area (Å²) in [6, 6.07) is 1.80. The molecular weight excluding hydrogens is 290 g/mol. The van der Waals surface area contributed by atoms with Gasteiger partial charge in [-0.25, -0.2) is 9.97 Å². The highest BCUT2D eigenvalue weighted by Crippen LogP contribution is 2.33. The van der Waals surface area contributed by atoms with Crippen molar-refractivity contribution in [2.45, 2.75) is 6.42 Å². The van der Waals surface area contributed by atoms with Crippen LogP contribution < -0.4 is 4.90 Å². The van der Waals surface area contributed by atoms with Crippen LogP contribution in [0, 0.1) is 11.8 Å². The van der Waals surface area contributed by atoms with Crippen LogP contribution in [0.2, 0.25) is 0 Å². The molecule has 0 spiro atoms. The number of rotatable bonds is 3. The molecule has 2 aliphatic rings. The lowest BCUT2D eigenvalue weighted by atomic mass is 9.89. The molecule has 2 aliphatic heterocycles. The molecule has 21 heavy (non-hydrogen) atoms. The van der Waals surface area contributed by atoms with E-state index in [0.717, 1.165) is 25.5 Å². The van der Waals surface area contributed by atoms with E-state index in [-0.39, 0.29) is 0 Å². The number of hydrogen-bond acceptors (Lipinski definition) is 5. The Morgan fingerprint density at radius 3 is 2.48 bits per heavy atom. The molecule has 0 N–H and O–H groups in total. The van der Waals surface area contributed by atoms with E-state index < -0.39 is 10.2 Å². The summed E-state index contributed by atoms with van der Waals surface area (Å²) in [6.07, 6.45) is 4.47. The van der Waals surface area contributed by atoms with E-state index in [0.29, 0.717) is 24.9 Å². The summed E-state index contributed by atoms with van der Waals surface area (Å²) in [5, 5.41) is 0. The smallest absolute Gasteiger partial charge is 0.281 e. The third kappa shape index (κ3) is 2.75. The third-order valence-electron chi connectivity index (χ3n) is 4.39. The van der Waals surface area contributed by atoms with Gasteiger partial charge in [-0.15, -0.1) is 0 Å². The lowest BCUT2D eigenvalue weighted by Gasteiger charge is -2.34. The fraction of sp³-hybridized carbons (Fsp3) is 0.692. The summed E-state index contributed by atoms with van der Waals surface area (Å²) in [7, 11) is -0.131. The molecule has 2 atom stereocenters. The zero-order valence-electron chi connectivity index (χ0n) is 12.4. The van der Waals surface area contributed by atoms with Gasteiger partial charge >= 0.3 is 0 Å². The molecule has 0 aliphatic carbocycles. The van der Waals surface area contributed by atoms with Gasteiger partial charge < -0.3 is 4.90 Å². The first kappa shape index (κ1) is 14.7. The number of anilines is 1. The van der Waals surface area contributed by atoms with Crippen molar-refractivity contribution in [3.63, 3.8) is 0 Å². The lowest BCUT2D eigenvalue weighted by molar-refractivity contribution is 0.346. The van der Waals surface area contributed by atoms with Crippen molar-refractivity contribution in [2.75, 3.05) is 45.2 Å². The first-order valence-corrected chi connectivity index (χ1v) is 8.57. The quantitative estimate of drug-likeness (QED) is 0.788. The van der Waals surface area contributed by atoms with Gasteiger partial charge in [0.25, 0.3) is 10.2 Å². The van der Waals surface area contributed by atoms with Crippen LogP contribution in [-0.2, 0) is 10.2 Å². The fourth-order valence-electron chi connectivity index (χ4n) is 3.18. The minimum atomic E-state index is -3.30. The van der Waals surface area contributed by atoms with Gasteiger partial charge in [0.05, 0.1) is 0 Å². The molecule has 3 rings (SSSR count). The standard InChI is InChI=1S/C13H21N5O2S/c1-16(2)21(19,20)18-9-11-4-7-17(8-12(11)10-18)13-14-5-3-6-15-13/h3,5-6,11-12H,4,7-10H2,1-2H3/t11-,12+/m1/s1. The first-order chi connectivity index (χ1) is 9.98. The number of nitrogens with zero attached hydrogens (tertiary/aromatic N) is 5. The largest absolute Gasteiger partial charge is 0.340 e. The molecule has 0 bridgehead atoms. The second-order valence-corrected chi connectivity index (χ2v) is 8.05. The Balaban J connectivity index is 1.71. The van der Waals surface area contributed by atoms with Gasteiger partial charge in [-0.3, -0.25) is 0 Å². The topological polar surface area (TPSA) is 69.6 Å². The summed E-state index contributed by atoms with van der Waals surface area (Å²) < 4.78 is 27.4. The lowest BCUT2D eigenvalue weighted by Crippen LogP contribution is -2.41. The summed E-state index contributed by atoms with van der Waals surface area (Å²) >= 11 is 0. The summed E-state index contributed by atoms with van der Waals surface area (Å²) in [6.45, 7) is 2.94. The van der Waals surface area contributed by atoms with Crippen LogP contribution in [0.15, 0.2) is 18.5 Å². The van der Waals surface area contributed by atoms with Crippen LogP contribution in [0.3, 0.4) is 0 Å². The molecule has 0 aromatic carbocycles. The maximum atomic E-state index is 12.2. The van der Waals surface area contributed by atoms with Crippen molar-refractivity contribution in [1.29, 1.82) is 0 Å².